The lowest BCUT2D eigenvalue weighted by Gasteiger charge is -2.11. The zero-order valence-corrected chi connectivity index (χ0v) is 16.4. The van der Waals surface area contributed by atoms with Crippen molar-refractivity contribution in [1.29, 1.82) is 0 Å². The number of benzene rings is 2. The van der Waals surface area contributed by atoms with E-state index in [9.17, 15) is 9.59 Å². The number of halogens is 2. The van der Waals surface area contributed by atoms with Crippen molar-refractivity contribution in [3.05, 3.63) is 68.7 Å². The third-order valence-electron chi connectivity index (χ3n) is 3.25. The molecule has 0 spiro atoms. The van der Waals surface area contributed by atoms with E-state index in [-0.39, 0.29) is 23.3 Å². The van der Waals surface area contributed by atoms with Gasteiger partial charge in [0.05, 0.1) is 6.42 Å². The molecule has 8 heteroatoms. The van der Waals surface area contributed by atoms with Crippen molar-refractivity contribution in [3.8, 4) is 0 Å². The topological polar surface area (TPSA) is 70.2 Å². The molecule has 0 fully saturated rings. The first-order valence-electron chi connectivity index (χ1n) is 7.26. The van der Waals surface area contributed by atoms with Crippen LogP contribution in [0.4, 0.5) is 0 Å². The average Bonchev–Trinajstić information content (AvgIpc) is 2.57. The quantitative estimate of drug-likeness (QED) is 0.506. The van der Waals surface area contributed by atoms with Gasteiger partial charge in [0.2, 0.25) is 5.91 Å². The van der Waals surface area contributed by atoms with Crippen LogP contribution < -0.4 is 16.2 Å². The van der Waals surface area contributed by atoms with Gasteiger partial charge < -0.3 is 5.32 Å². The summed E-state index contributed by atoms with van der Waals surface area (Å²) in [6.07, 6.45) is 0.151. The normalized spacial score (nSPS) is 10.0. The summed E-state index contributed by atoms with van der Waals surface area (Å²) in [7, 11) is 0. The number of carbonyl (C=O) groups is 2. The Labute approximate surface area is 164 Å². The van der Waals surface area contributed by atoms with Gasteiger partial charge in [0.25, 0.3) is 5.91 Å². The van der Waals surface area contributed by atoms with Gasteiger partial charge in [-0.3, -0.25) is 20.4 Å². The third kappa shape index (κ3) is 6.12. The number of nitrogens with one attached hydrogen (secondary N) is 3. The lowest BCUT2D eigenvalue weighted by atomic mass is 10.1. The SMILES string of the molecule is Cc1ccc(C(=O)NNC(=S)NC(=O)Cc2ccc(Cl)cc2)cc1Br. The molecule has 5 nitrogen and oxygen atoms in total. The summed E-state index contributed by atoms with van der Waals surface area (Å²) in [4.78, 5) is 24.0. The maximum absolute atomic E-state index is 12.0. The van der Waals surface area contributed by atoms with E-state index in [0.29, 0.717) is 10.6 Å². The summed E-state index contributed by atoms with van der Waals surface area (Å²) in [5, 5.41) is 3.11. The van der Waals surface area contributed by atoms with Crippen LogP contribution in [0, 0.1) is 6.92 Å². The molecule has 25 heavy (non-hydrogen) atoms. The van der Waals surface area contributed by atoms with Crippen LogP contribution in [0.15, 0.2) is 46.9 Å². The standard InChI is InChI=1S/C17H15BrClN3O2S/c1-10-2-5-12(9-14(10)18)16(24)21-22-17(25)20-15(23)8-11-3-6-13(19)7-4-11/h2-7,9H,8H2,1H3,(H,21,24)(H2,20,22,23,25). The van der Waals surface area contributed by atoms with E-state index in [1.54, 1.807) is 36.4 Å². The van der Waals surface area contributed by atoms with Crippen LogP contribution in [-0.4, -0.2) is 16.9 Å². The first-order chi connectivity index (χ1) is 11.8. The van der Waals surface area contributed by atoms with E-state index in [1.807, 2.05) is 13.0 Å². The minimum Gasteiger partial charge on any atom is -0.302 e. The predicted octanol–water partition coefficient (Wildman–Crippen LogP) is 3.29. The molecular weight excluding hydrogens is 426 g/mol. The molecule has 0 bridgehead atoms. The van der Waals surface area contributed by atoms with E-state index >= 15 is 0 Å². The maximum Gasteiger partial charge on any atom is 0.269 e. The van der Waals surface area contributed by atoms with E-state index in [4.69, 9.17) is 23.8 Å². The van der Waals surface area contributed by atoms with Gasteiger partial charge in [0.15, 0.2) is 5.11 Å². The summed E-state index contributed by atoms with van der Waals surface area (Å²) in [6, 6.07) is 12.2. The molecule has 0 radical (unpaired) electrons. The van der Waals surface area contributed by atoms with Gasteiger partial charge in [-0.1, -0.05) is 45.7 Å². The fraction of sp³-hybridized carbons (Fsp3) is 0.118. The number of carbonyl (C=O) groups excluding carboxylic acids is 2. The fourth-order valence-electron chi connectivity index (χ4n) is 1.91. The van der Waals surface area contributed by atoms with Crippen LogP contribution in [0.25, 0.3) is 0 Å². The highest BCUT2D eigenvalue weighted by Gasteiger charge is 2.09. The second-order valence-corrected chi connectivity index (χ2v) is 6.92. The van der Waals surface area contributed by atoms with Gasteiger partial charge >= 0.3 is 0 Å². The average molecular weight is 441 g/mol. The minimum atomic E-state index is -0.366. The van der Waals surface area contributed by atoms with Gasteiger partial charge in [-0.15, -0.1) is 0 Å². The molecule has 2 rings (SSSR count). The molecule has 2 amide bonds. The molecule has 0 unspecified atom stereocenters. The van der Waals surface area contributed by atoms with E-state index < -0.39 is 0 Å². The molecule has 0 saturated carbocycles. The molecule has 2 aromatic carbocycles. The third-order valence-corrected chi connectivity index (χ3v) is 4.56. The number of amides is 2. The Morgan fingerprint density at radius 1 is 1.12 bits per heavy atom. The molecule has 0 heterocycles. The Hall–Kier alpha value is -1.96. The van der Waals surface area contributed by atoms with Crippen LogP contribution in [0.1, 0.15) is 21.5 Å². The van der Waals surface area contributed by atoms with Crippen LogP contribution in [-0.2, 0) is 11.2 Å². The summed E-state index contributed by atoms with van der Waals surface area (Å²) < 4.78 is 0.832. The van der Waals surface area contributed by atoms with Gasteiger partial charge in [-0.05, 0) is 54.5 Å². The number of thiocarbonyl (C=S) groups is 1. The van der Waals surface area contributed by atoms with Crippen molar-refractivity contribution in [3.63, 3.8) is 0 Å². The molecule has 0 atom stereocenters. The van der Waals surface area contributed by atoms with E-state index in [0.717, 1.165) is 15.6 Å². The van der Waals surface area contributed by atoms with Crippen molar-refractivity contribution in [1.82, 2.24) is 16.2 Å². The molecule has 3 N–H and O–H groups in total. The number of hydrogen-bond donors (Lipinski definition) is 3. The van der Waals surface area contributed by atoms with Crippen molar-refractivity contribution in [2.75, 3.05) is 0 Å². The highest BCUT2D eigenvalue weighted by atomic mass is 79.9. The number of hydrogen-bond acceptors (Lipinski definition) is 3. The number of rotatable bonds is 3. The molecule has 0 aliphatic heterocycles. The van der Waals surface area contributed by atoms with Crippen LogP contribution in [0.2, 0.25) is 5.02 Å². The first-order valence-corrected chi connectivity index (χ1v) is 8.84. The van der Waals surface area contributed by atoms with Crippen molar-refractivity contribution < 1.29 is 9.59 Å². The van der Waals surface area contributed by atoms with Crippen LogP contribution in [0.5, 0.6) is 0 Å². The summed E-state index contributed by atoms with van der Waals surface area (Å²) >= 11 is 14.2. The van der Waals surface area contributed by atoms with Crippen molar-refractivity contribution >= 4 is 56.7 Å². The van der Waals surface area contributed by atoms with E-state index in [2.05, 4.69) is 32.1 Å². The van der Waals surface area contributed by atoms with Crippen LogP contribution >= 0.6 is 39.7 Å². The Morgan fingerprint density at radius 3 is 2.44 bits per heavy atom. The predicted molar refractivity (Wildman–Crippen MR) is 105 cm³/mol. The van der Waals surface area contributed by atoms with E-state index in [1.165, 1.54) is 0 Å². The lowest BCUT2D eigenvalue weighted by molar-refractivity contribution is -0.119. The summed E-state index contributed by atoms with van der Waals surface area (Å²) in [6.45, 7) is 1.93. The molecule has 0 aliphatic carbocycles. The second kappa shape index (κ2) is 8.94. The highest BCUT2D eigenvalue weighted by Crippen LogP contribution is 2.17. The van der Waals surface area contributed by atoms with Crippen molar-refractivity contribution in [2.24, 2.45) is 0 Å². The Morgan fingerprint density at radius 2 is 1.80 bits per heavy atom. The molecule has 130 valence electrons. The zero-order valence-electron chi connectivity index (χ0n) is 13.2. The van der Waals surface area contributed by atoms with Gasteiger partial charge in [0, 0.05) is 15.1 Å². The summed E-state index contributed by atoms with van der Waals surface area (Å²) in [5.41, 5.74) is 7.23. The smallest absolute Gasteiger partial charge is 0.269 e. The summed E-state index contributed by atoms with van der Waals surface area (Å²) in [5.74, 6) is -0.665. The Kier molecular flexibility index (Phi) is 6.92. The Bertz CT molecular complexity index is 812. The number of hydrazine groups is 1. The van der Waals surface area contributed by atoms with Crippen molar-refractivity contribution in [2.45, 2.75) is 13.3 Å². The fourth-order valence-corrected chi connectivity index (χ4v) is 2.58. The Balaban J connectivity index is 1.81. The first kappa shape index (κ1) is 19.4. The molecule has 0 aromatic heterocycles. The maximum atomic E-state index is 12.0. The molecule has 2 aromatic rings. The van der Waals surface area contributed by atoms with Gasteiger partial charge in [-0.25, -0.2) is 0 Å². The highest BCUT2D eigenvalue weighted by molar-refractivity contribution is 9.10. The lowest BCUT2D eigenvalue weighted by Crippen LogP contribution is -2.48. The second-order valence-electron chi connectivity index (χ2n) is 5.22. The monoisotopic (exact) mass is 439 g/mol. The molecular formula is C17H15BrClN3O2S. The van der Waals surface area contributed by atoms with Gasteiger partial charge in [-0.2, -0.15) is 0 Å². The van der Waals surface area contributed by atoms with Gasteiger partial charge in [0.1, 0.15) is 0 Å². The van der Waals surface area contributed by atoms with Crippen LogP contribution in [0.3, 0.4) is 0 Å². The number of aryl methyl sites for hydroxylation is 1. The zero-order chi connectivity index (χ0) is 18.4. The molecule has 0 aliphatic rings. The largest absolute Gasteiger partial charge is 0.302 e. The molecule has 0 saturated heterocycles. The minimum absolute atomic E-state index is 0.0125.